The number of anilines is 1. The molecule has 1 aromatic heterocycles. The van der Waals surface area contributed by atoms with Gasteiger partial charge in [0, 0.05) is 11.8 Å². The standard InChI is InChI=1S/C19H16FNO3S2/c1-12-3-5-13(6-4-12)15-9-10-25-18(15)19(22)21-17-11-14(26(2,23)24)7-8-16(17)20/h3-11H,1-2H3,(H,21,22). The van der Waals surface area contributed by atoms with Crippen LogP contribution in [0.15, 0.2) is 58.8 Å². The topological polar surface area (TPSA) is 63.2 Å². The van der Waals surface area contributed by atoms with Crippen LogP contribution in [0, 0.1) is 12.7 Å². The molecule has 1 heterocycles. The summed E-state index contributed by atoms with van der Waals surface area (Å²) in [5.74, 6) is -1.18. The lowest BCUT2D eigenvalue weighted by Gasteiger charge is -2.09. The van der Waals surface area contributed by atoms with E-state index in [4.69, 9.17) is 0 Å². The molecule has 0 saturated heterocycles. The van der Waals surface area contributed by atoms with Crippen molar-refractivity contribution in [2.45, 2.75) is 11.8 Å². The van der Waals surface area contributed by atoms with E-state index in [1.165, 1.54) is 17.4 Å². The van der Waals surface area contributed by atoms with Crippen molar-refractivity contribution >= 4 is 32.8 Å². The number of halogens is 1. The number of benzene rings is 2. The number of sulfone groups is 1. The first kappa shape index (κ1) is 18.3. The molecule has 0 bridgehead atoms. The number of thiophene rings is 1. The van der Waals surface area contributed by atoms with Gasteiger partial charge in [-0.3, -0.25) is 4.79 Å². The minimum absolute atomic E-state index is 0.0564. The molecule has 0 fully saturated rings. The van der Waals surface area contributed by atoms with E-state index in [-0.39, 0.29) is 10.6 Å². The summed E-state index contributed by atoms with van der Waals surface area (Å²) in [6, 6.07) is 12.9. The van der Waals surface area contributed by atoms with E-state index in [0.717, 1.165) is 35.1 Å². The second kappa shape index (κ2) is 7.01. The number of carbonyl (C=O) groups excluding carboxylic acids is 1. The second-order valence-electron chi connectivity index (χ2n) is 5.90. The number of carbonyl (C=O) groups is 1. The van der Waals surface area contributed by atoms with Crippen LogP contribution in [-0.2, 0) is 9.84 Å². The van der Waals surface area contributed by atoms with Crippen LogP contribution in [-0.4, -0.2) is 20.6 Å². The molecule has 0 aliphatic heterocycles. The summed E-state index contributed by atoms with van der Waals surface area (Å²) in [6.07, 6.45) is 1.03. The van der Waals surface area contributed by atoms with Crippen molar-refractivity contribution in [2.75, 3.05) is 11.6 Å². The van der Waals surface area contributed by atoms with Gasteiger partial charge >= 0.3 is 0 Å². The molecule has 7 heteroatoms. The second-order valence-corrected chi connectivity index (χ2v) is 8.83. The summed E-state index contributed by atoms with van der Waals surface area (Å²) in [4.78, 5) is 13.0. The maximum Gasteiger partial charge on any atom is 0.266 e. The van der Waals surface area contributed by atoms with Gasteiger partial charge in [-0.1, -0.05) is 29.8 Å². The fourth-order valence-electron chi connectivity index (χ4n) is 2.46. The van der Waals surface area contributed by atoms with Crippen molar-refractivity contribution in [1.82, 2.24) is 0 Å². The van der Waals surface area contributed by atoms with E-state index in [9.17, 15) is 17.6 Å². The van der Waals surface area contributed by atoms with Gasteiger partial charge in [0.25, 0.3) is 5.91 Å². The molecule has 0 aliphatic carbocycles. The lowest BCUT2D eigenvalue weighted by atomic mass is 10.0. The quantitative estimate of drug-likeness (QED) is 0.668. The Hall–Kier alpha value is -2.51. The first-order chi connectivity index (χ1) is 12.3. The molecule has 26 heavy (non-hydrogen) atoms. The molecule has 0 unspecified atom stereocenters. The van der Waals surface area contributed by atoms with E-state index in [0.29, 0.717) is 4.88 Å². The van der Waals surface area contributed by atoms with Crippen LogP contribution in [0.3, 0.4) is 0 Å². The van der Waals surface area contributed by atoms with Crippen LogP contribution >= 0.6 is 11.3 Å². The average Bonchev–Trinajstić information content (AvgIpc) is 3.06. The van der Waals surface area contributed by atoms with Gasteiger partial charge in [0.1, 0.15) is 5.82 Å². The van der Waals surface area contributed by atoms with Crippen molar-refractivity contribution in [3.05, 3.63) is 70.2 Å². The smallest absolute Gasteiger partial charge is 0.266 e. The van der Waals surface area contributed by atoms with Gasteiger partial charge in [-0.2, -0.15) is 0 Å². The van der Waals surface area contributed by atoms with Crippen molar-refractivity contribution < 1.29 is 17.6 Å². The van der Waals surface area contributed by atoms with Gasteiger partial charge in [0.15, 0.2) is 9.84 Å². The fraction of sp³-hybridized carbons (Fsp3) is 0.105. The molecule has 0 radical (unpaired) electrons. The lowest BCUT2D eigenvalue weighted by Crippen LogP contribution is -2.13. The predicted molar refractivity (Wildman–Crippen MR) is 102 cm³/mol. The third-order valence-electron chi connectivity index (χ3n) is 3.85. The highest BCUT2D eigenvalue weighted by atomic mass is 32.2. The molecule has 3 aromatic rings. The monoisotopic (exact) mass is 389 g/mol. The molecule has 0 spiro atoms. The van der Waals surface area contributed by atoms with Gasteiger partial charge in [0.05, 0.1) is 15.5 Å². The van der Waals surface area contributed by atoms with Crippen LogP contribution in [0.1, 0.15) is 15.2 Å². The Bertz CT molecular complexity index is 1070. The summed E-state index contributed by atoms with van der Waals surface area (Å²) in [5, 5.41) is 4.26. The zero-order valence-corrected chi connectivity index (χ0v) is 15.7. The summed E-state index contributed by atoms with van der Waals surface area (Å²) >= 11 is 1.24. The maximum absolute atomic E-state index is 14.0. The summed E-state index contributed by atoms with van der Waals surface area (Å²) in [7, 11) is -3.50. The first-order valence-electron chi connectivity index (χ1n) is 7.71. The highest BCUT2D eigenvalue weighted by molar-refractivity contribution is 7.90. The molecule has 134 valence electrons. The van der Waals surface area contributed by atoms with Crippen molar-refractivity contribution in [1.29, 1.82) is 0 Å². The maximum atomic E-state index is 14.0. The first-order valence-corrected chi connectivity index (χ1v) is 10.5. The predicted octanol–water partition coefficient (Wildman–Crippen LogP) is 4.52. The zero-order valence-electron chi connectivity index (χ0n) is 14.1. The fourth-order valence-corrected chi connectivity index (χ4v) is 3.91. The van der Waals surface area contributed by atoms with Crippen LogP contribution < -0.4 is 5.32 Å². The number of hydrogen-bond acceptors (Lipinski definition) is 4. The molecular weight excluding hydrogens is 373 g/mol. The van der Waals surface area contributed by atoms with Crippen LogP contribution in [0.5, 0.6) is 0 Å². The van der Waals surface area contributed by atoms with Gasteiger partial charge in [-0.25, -0.2) is 12.8 Å². The van der Waals surface area contributed by atoms with Crippen LogP contribution in [0.25, 0.3) is 11.1 Å². The number of amides is 1. The van der Waals surface area contributed by atoms with E-state index >= 15 is 0 Å². The highest BCUT2D eigenvalue weighted by Gasteiger charge is 2.18. The van der Waals surface area contributed by atoms with Gasteiger partial charge < -0.3 is 5.32 Å². The molecule has 4 nitrogen and oxygen atoms in total. The molecule has 0 atom stereocenters. The summed E-state index contributed by atoms with van der Waals surface area (Å²) < 4.78 is 37.3. The average molecular weight is 389 g/mol. The van der Waals surface area contributed by atoms with Gasteiger partial charge in [-0.05, 0) is 42.1 Å². The zero-order chi connectivity index (χ0) is 18.9. The summed E-state index contributed by atoms with van der Waals surface area (Å²) in [5.41, 5.74) is 2.57. The normalized spacial score (nSPS) is 11.3. The Morgan fingerprint density at radius 3 is 2.42 bits per heavy atom. The van der Waals surface area contributed by atoms with Crippen molar-refractivity contribution in [3.63, 3.8) is 0 Å². The van der Waals surface area contributed by atoms with Crippen molar-refractivity contribution in [3.8, 4) is 11.1 Å². The van der Waals surface area contributed by atoms with Crippen LogP contribution in [0.4, 0.5) is 10.1 Å². The number of rotatable bonds is 4. The Kier molecular flexibility index (Phi) is 4.93. The molecule has 2 aromatic carbocycles. The Morgan fingerprint density at radius 2 is 1.77 bits per heavy atom. The Labute approximate surface area is 155 Å². The SMILES string of the molecule is Cc1ccc(-c2ccsc2C(=O)Nc2cc(S(C)(=O)=O)ccc2F)cc1. The summed E-state index contributed by atoms with van der Waals surface area (Å²) in [6.45, 7) is 1.97. The van der Waals surface area contributed by atoms with Gasteiger partial charge in [0.2, 0.25) is 0 Å². The number of aryl methyl sites for hydroxylation is 1. The molecule has 1 N–H and O–H groups in total. The minimum atomic E-state index is -3.50. The number of nitrogens with one attached hydrogen (secondary N) is 1. The molecule has 3 rings (SSSR count). The van der Waals surface area contributed by atoms with E-state index in [1.807, 2.05) is 37.3 Å². The minimum Gasteiger partial charge on any atom is -0.319 e. The third-order valence-corrected chi connectivity index (χ3v) is 5.87. The third kappa shape index (κ3) is 3.84. The van der Waals surface area contributed by atoms with Gasteiger partial charge in [-0.15, -0.1) is 11.3 Å². The largest absolute Gasteiger partial charge is 0.319 e. The van der Waals surface area contributed by atoms with Crippen molar-refractivity contribution in [2.24, 2.45) is 0 Å². The molecule has 0 aliphatic rings. The molecular formula is C19H16FNO3S2. The molecule has 1 amide bonds. The molecule has 0 saturated carbocycles. The highest BCUT2D eigenvalue weighted by Crippen LogP contribution is 2.30. The van der Waals surface area contributed by atoms with E-state index in [1.54, 1.807) is 5.38 Å². The van der Waals surface area contributed by atoms with E-state index in [2.05, 4.69) is 5.32 Å². The lowest BCUT2D eigenvalue weighted by molar-refractivity contribution is 0.103. The van der Waals surface area contributed by atoms with E-state index < -0.39 is 21.6 Å². The number of hydrogen-bond donors (Lipinski definition) is 1. The Balaban J connectivity index is 1.93. The van der Waals surface area contributed by atoms with Crippen LogP contribution in [0.2, 0.25) is 0 Å². The Morgan fingerprint density at radius 1 is 1.08 bits per heavy atom.